The Morgan fingerprint density at radius 3 is 2.49 bits per heavy atom. The zero-order chi connectivity index (χ0) is 26.4. The summed E-state index contributed by atoms with van der Waals surface area (Å²) in [6, 6.07) is 5.77. The zero-order valence-corrected chi connectivity index (χ0v) is 21.9. The Morgan fingerprint density at radius 2 is 1.81 bits per heavy atom. The molecule has 1 amide bonds. The number of carbonyl (C=O) groups excluding carboxylic acids is 2. The van der Waals surface area contributed by atoms with Crippen molar-refractivity contribution in [3.8, 4) is 0 Å². The molecular weight excluding hydrogens is 474 g/mol. The smallest absolute Gasteiger partial charge is 0.312 e. The Bertz CT molecular complexity index is 1030. The summed E-state index contributed by atoms with van der Waals surface area (Å²) in [7, 11) is 1.80. The number of hydrogen-bond donors (Lipinski definition) is 2. The van der Waals surface area contributed by atoms with Gasteiger partial charge in [-0.25, -0.2) is 0 Å². The second-order valence-corrected chi connectivity index (χ2v) is 10.5. The molecule has 2 aromatic rings. The number of aromatic nitrogens is 3. The largest absolute Gasteiger partial charge is 0.462 e. The van der Waals surface area contributed by atoms with E-state index in [2.05, 4.69) is 15.0 Å². The Kier molecular flexibility index (Phi) is 8.94. The van der Waals surface area contributed by atoms with Gasteiger partial charge in [-0.3, -0.25) is 24.2 Å². The van der Waals surface area contributed by atoms with Crippen LogP contribution in [-0.4, -0.2) is 91.6 Å². The number of aryl methyl sites for hydroxylation is 2. The van der Waals surface area contributed by atoms with Crippen molar-refractivity contribution in [2.75, 3.05) is 32.8 Å². The maximum absolute atomic E-state index is 13.3. The maximum atomic E-state index is 13.3. The van der Waals surface area contributed by atoms with Crippen LogP contribution in [0, 0.1) is 12.3 Å². The van der Waals surface area contributed by atoms with Crippen molar-refractivity contribution in [3.63, 3.8) is 0 Å². The third kappa shape index (κ3) is 6.74. The molecule has 0 saturated carbocycles. The van der Waals surface area contributed by atoms with Crippen molar-refractivity contribution in [2.45, 2.75) is 64.2 Å². The highest BCUT2D eigenvalue weighted by Crippen LogP contribution is 2.38. The Morgan fingerprint density at radius 1 is 1.08 bits per heavy atom. The summed E-state index contributed by atoms with van der Waals surface area (Å²) in [5, 5.41) is 25.3. The second-order valence-electron chi connectivity index (χ2n) is 10.5. The number of piperidine rings is 1. The average molecular weight is 514 g/mol. The lowest BCUT2D eigenvalue weighted by atomic mass is 9.74. The average Bonchev–Trinajstić information content (AvgIpc) is 3.25. The maximum Gasteiger partial charge on any atom is 0.312 e. The van der Waals surface area contributed by atoms with Crippen LogP contribution in [0.1, 0.15) is 60.3 Å². The van der Waals surface area contributed by atoms with E-state index in [1.807, 2.05) is 19.1 Å². The van der Waals surface area contributed by atoms with Crippen LogP contribution in [0.5, 0.6) is 0 Å². The number of nitrogens with zero attached hydrogens (tertiary/aromatic N) is 5. The molecule has 2 aromatic heterocycles. The van der Waals surface area contributed by atoms with E-state index >= 15 is 0 Å². The molecule has 202 valence electrons. The number of likely N-dealkylation sites (tertiary alicyclic amines) is 1. The van der Waals surface area contributed by atoms with Gasteiger partial charge in [-0.2, -0.15) is 5.10 Å². The number of cyclic esters (lactones) is 1. The first-order valence-electron chi connectivity index (χ1n) is 13.2. The fraction of sp³-hybridized carbons (Fsp3) is 0.630. The SMILES string of the molecule is Cc1cc(C(=O)N2CCCCC3(CCN(Cc4ccncc4)CC3)C(=O)OC[C@@H](O)[C@@H](O)CC2)nn1C. The van der Waals surface area contributed by atoms with Gasteiger partial charge in [0.1, 0.15) is 12.7 Å². The van der Waals surface area contributed by atoms with Gasteiger partial charge in [0.15, 0.2) is 5.69 Å². The number of amides is 1. The molecule has 0 aromatic carbocycles. The molecule has 0 aliphatic carbocycles. The molecule has 2 aliphatic heterocycles. The normalized spacial score (nSPS) is 24.1. The van der Waals surface area contributed by atoms with Gasteiger partial charge in [-0.05, 0) is 75.9 Å². The molecule has 1 spiro atoms. The number of pyridine rings is 1. The molecule has 2 fully saturated rings. The number of carbonyl (C=O) groups is 2. The van der Waals surface area contributed by atoms with Gasteiger partial charge in [0.25, 0.3) is 5.91 Å². The summed E-state index contributed by atoms with van der Waals surface area (Å²) < 4.78 is 7.24. The predicted octanol–water partition coefficient (Wildman–Crippen LogP) is 1.69. The second kappa shape index (κ2) is 12.1. The van der Waals surface area contributed by atoms with Crippen LogP contribution < -0.4 is 0 Å². The van der Waals surface area contributed by atoms with E-state index in [1.54, 1.807) is 35.1 Å². The molecular formula is C27H39N5O5. The summed E-state index contributed by atoms with van der Waals surface area (Å²) in [6.07, 6.45) is 4.96. The lowest BCUT2D eigenvalue weighted by Gasteiger charge is -2.40. The highest BCUT2D eigenvalue weighted by Gasteiger charge is 2.42. The van der Waals surface area contributed by atoms with E-state index < -0.39 is 17.6 Å². The first kappa shape index (κ1) is 27.2. The molecule has 0 bridgehead atoms. The van der Waals surface area contributed by atoms with Crippen molar-refractivity contribution in [2.24, 2.45) is 12.5 Å². The summed E-state index contributed by atoms with van der Waals surface area (Å²) in [5.41, 5.74) is 1.82. The van der Waals surface area contributed by atoms with Crippen molar-refractivity contribution in [1.29, 1.82) is 0 Å². The minimum absolute atomic E-state index is 0.186. The van der Waals surface area contributed by atoms with Crippen molar-refractivity contribution in [3.05, 3.63) is 47.5 Å². The molecule has 0 radical (unpaired) electrons. The Labute approximate surface area is 218 Å². The molecule has 2 N–H and O–H groups in total. The molecule has 2 saturated heterocycles. The number of aliphatic hydroxyl groups is 2. The molecule has 10 nitrogen and oxygen atoms in total. The molecule has 2 atom stereocenters. The molecule has 10 heteroatoms. The van der Waals surface area contributed by atoms with Crippen LogP contribution in [0.4, 0.5) is 0 Å². The van der Waals surface area contributed by atoms with Crippen LogP contribution in [0.15, 0.2) is 30.6 Å². The first-order valence-corrected chi connectivity index (χ1v) is 13.2. The van der Waals surface area contributed by atoms with E-state index in [4.69, 9.17) is 4.74 Å². The number of hydrogen-bond acceptors (Lipinski definition) is 8. The Hall–Kier alpha value is -2.82. The van der Waals surface area contributed by atoms with Crippen LogP contribution in [0.2, 0.25) is 0 Å². The van der Waals surface area contributed by atoms with Crippen LogP contribution in [-0.2, 0) is 23.1 Å². The summed E-state index contributed by atoms with van der Waals surface area (Å²) in [6.45, 7) is 4.77. The van der Waals surface area contributed by atoms with E-state index in [1.165, 1.54) is 5.56 Å². The van der Waals surface area contributed by atoms with Gasteiger partial charge >= 0.3 is 5.97 Å². The van der Waals surface area contributed by atoms with Crippen molar-refractivity contribution >= 4 is 11.9 Å². The van der Waals surface area contributed by atoms with Gasteiger partial charge in [0, 0.05) is 44.8 Å². The highest BCUT2D eigenvalue weighted by molar-refractivity contribution is 5.92. The quantitative estimate of drug-likeness (QED) is 0.595. The number of rotatable bonds is 3. The van der Waals surface area contributed by atoms with Gasteiger partial charge in [0.2, 0.25) is 0 Å². The third-order valence-corrected chi connectivity index (χ3v) is 7.88. The van der Waals surface area contributed by atoms with E-state index in [9.17, 15) is 19.8 Å². The van der Waals surface area contributed by atoms with E-state index in [0.717, 1.165) is 38.2 Å². The van der Waals surface area contributed by atoms with Crippen molar-refractivity contribution in [1.82, 2.24) is 24.6 Å². The monoisotopic (exact) mass is 513 g/mol. The lowest BCUT2D eigenvalue weighted by Crippen LogP contribution is -2.45. The molecule has 2 aliphatic rings. The summed E-state index contributed by atoms with van der Waals surface area (Å²) in [5.74, 6) is -0.481. The number of aliphatic hydroxyl groups excluding tert-OH is 2. The number of ether oxygens (including phenoxy) is 1. The third-order valence-electron chi connectivity index (χ3n) is 7.88. The first-order chi connectivity index (χ1) is 17.8. The zero-order valence-electron chi connectivity index (χ0n) is 21.9. The topological polar surface area (TPSA) is 121 Å². The van der Waals surface area contributed by atoms with Gasteiger partial charge < -0.3 is 19.8 Å². The van der Waals surface area contributed by atoms with Gasteiger partial charge in [0.05, 0.1) is 11.5 Å². The predicted molar refractivity (Wildman–Crippen MR) is 136 cm³/mol. The standard InChI is InChI=1S/C27H39N5O5/c1-20-17-22(29-30(20)2)25(35)32-13-4-3-8-27(26(36)37-19-24(34)23(33)7-14-32)9-15-31(16-10-27)18-21-5-11-28-12-6-21/h5-6,11-12,17,23-24,33-34H,3-4,7-10,13-16,18-19H2,1-2H3/t23-,24+/m0/s1. The fourth-order valence-corrected chi connectivity index (χ4v) is 5.26. The highest BCUT2D eigenvalue weighted by atomic mass is 16.5. The van der Waals surface area contributed by atoms with Crippen molar-refractivity contribution < 1.29 is 24.5 Å². The van der Waals surface area contributed by atoms with Crippen LogP contribution in [0.3, 0.4) is 0 Å². The summed E-state index contributed by atoms with van der Waals surface area (Å²) in [4.78, 5) is 34.6. The Balaban J connectivity index is 1.43. The fourth-order valence-electron chi connectivity index (χ4n) is 5.26. The van der Waals surface area contributed by atoms with Gasteiger partial charge in [-0.15, -0.1) is 0 Å². The van der Waals surface area contributed by atoms with E-state index in [-0.39, 0.29) is 31.4 Å². The lowest BCUT2D eigenvalue weighted by molar-refractivity contribution is -0.165. The molecule has 0 unspecified atom stereocenters. The number of esters is 1. The van der Waals surface area contributed by atoms with E-state index in [0.29, 0.717) is 31.5 Å². The molecule has 4 heterocycles. The summed E-state index contributed by atoms with van der Waals surface area (Å²) >= 11 is 0. The van der Waals surface area contributed by atoms with Crippen LogP contribution >= 0.6 is 0 Å². The minimum atomic E-state index is -1.21. The molecule has 4 rings (SSSR count). The molecule has 37 heavy (non-hydrogen) atoms. The van der Waals surface area contributed by atoms with Gasteiger partial charge in [-0.1, -0.05) is 6.42 Å². The minimum Gasteiger partial charge on any atom is -0.462 e. The van der Waals surface area contributed by atoms with Crippen LogP contribution in [0.25, 0.3) is 0 Å².